The second-order valence-electron chi connectivity index (χ2n) is 4.72. The maximum atomic E-state index is 12.0. The van der Waals surface area contributed by atoms with Crippen molar-refractivity contribution in [2.75, 3.05) is 0 Å². The van der Waals surface area contributed by atoms with Gasteiger partial charge >= 0.3 is 5.97 Å². The van der Waals surface area contributed by atoms with Crippen LogP contribution in [0.1, 0.15) is 45.4 Å². The zero-order chi connectivity index (χ0) is 12.8. The molecule has 5 nitrogen and oxygen atoms in total. The Morgan fingerprint density at radius 1 is 1.35 bits per heavy atom. The number of nitrogens with two attached hydrogens (primary N) is 1. The highest BCUT2D eigenvalue weighted by molar-refractivity contribution is 5.85. The molecular formula is C12H22N2O3. The van der Waals surface area contributed by atoms with Gasteiger partial charge in [-0.3, -0.25) is 4.79 Å². The third kappa shape index (κ3) is 4.00. The Bertz CT molecular complexity index is 281. The number of carbonyl (C=O) groups excluding carboxylic acids is 1. The highest BCUT2D eigenvalue weighted by atomic mass is 16.4. The predicted octanol–water partition coefficient (Wildman–Crippen LogP) is 0.873. The fourth-order valence-electron chi connectivity index (χ4n) is 2.28. The highest BCUT2D eigenvalue weighted by Crippen LogP contribution is 2.22. The molecule has 1 saturated carbocycles. The molecule has 0 bridgehead atoms. The van der Waals surface area contributed by atoms with E-state index in [9.17, 15) is 9.59 Å². The summed E-state index contributed by atoms with van der Waals surface area (Å²) in [7, 11) is 0. The number of carboxylic acid groups (broad SMARTS) is 1. The van der Waals surface area contributed by atoms with Crippen molar-refractivity contribution in [3.63, 3.8) is 0 Å². The lowest BCUT2D eigenvalue weighted by Gasteiger charge is -2.22. The number of hydrogen-bond acceptors (Lipinski definition) is 3. The molecule has 1 fully saturated rings. The molecule has 3 unspecified atom stereocenters. The second-order valence-corrected chi connectivity index (χ2v) is 4.72. The number of carboxylic acids is 1. The van der Waals surface area contributed by atoms with E-state index in [0.29, 0.717) is 6.42 Å². The van der Waals surface area contributed by atoms with Crippen molar-refractivity contribution in [3.05, 3.63) is 0 Å². The van der Waals surface area contributed by atoms with Crippen LogP contribution >= 0.6 is 0 Å². The molecule has 4 N–H and O–H groups in total. The fourth-order valence-corrected chi connectivity index (χ4v) is 2.28. The SMILES string of the molecule is CCC(NC(=O)C1CCCCCC1N)C(=O)O. The fraction of sp³-hybridized carbons (Fsp3) is 0.833. The molecule has 1 amide bonds. The molecule has 0 aromatic heterocycles. The Labute approximate surface area is 102 Å². The van der Waals surface area contributed by atoms with Gasteiger partial charge in [0.25, 0.3) is 0 Å². The summed E-state index contributed by atoms with van der Waals surface area (Å²) in [5.41, 5.74) is 5.96. The van der Waals surface area contributed by atoms with E-state index < -0.39 is 12.0 Å². The van der Waals surface area contributed by atoms with Crippen LogP contribution in [-0.4, -0.2) is 29.1 Å². The summed E-state index contributed by atoms with van der Waals surface area (Å²) < 4.78 is 0. The second kappa shape index (κ2) is 6.59. The van der Waals surface area contributed by atoms with Gasteiger partial charge in [-0.25, -0.2) is 4.79 Å². The average molecular weight is 242 g/mol. The lowest BCUT2D eigenvalue weighted by Crippen LogP contribution is -2.47. The van der Waals surface area contributed by atoms with Crippen LogP contribution in [0.4, 0.5) is 0 Å². The van der Waals surface area contributed by atoms with Crippen LogP contribution in [0.3, 0.4) is 0 Å². The topological polar surface area (TPSA) is 92.4 Å². The minimum absolute atomic E-state index is 0.135. The van der Waals surface area contributed by atoms with Gasteiger partial charge in [-0.1, -0.05) is 26.2 Å². The van der Waals surface area contributed by atoms with Crippen molar-refractivity contribution in [3.8, 4) is 0 Å². The first-order valence-electron chi connectivity index (χ1n) is 6.35. The Balaban J connectivity index is 2.58. The molecule has 1 aliphatic rings. The zero-order valence-corrected chi connectivity index (χ0v) is 10.3. The van der Waals surface area contributed by atoms with Gasteiger partial charge < -0.3 is 16.2 Å². The maximum Gasteiger partial charge on any atom is 0.326 e. The Kier molecular flexibility index (Phi) is 5.41. The third-order valence-corrected chi connectivity index (χ3v) is 3.43. The lowest BCUT2D eigenvalue weighted by molar-refractivity contribution is -0.142. The van der Waals surface area contributed by atoms with Gasteiger partial charge in [0.05, 0.1) is 5.92 Å². The first kappa shape index (κ1) is 14.0. The monoisotopic (exact) mass is 242 g/mol. The minimum atomic E-state index is -0.983. The van der Waals surface area contributed by atoms with Crippen molar-refractivity contribution in [1.82, 2.24) is 5.32 Å². The molecule has 0 heterocycles. The molecule has 0 spiro atoms. The number of carbonyl (C=O) groups is 2. The van der Waals surface area contributed by atoms with E-state index in [-0.39, 0.29) is 17.9 Å². The zero-order valence-electron chi connectivity index (χ0n) is 10.3. The Morgan fingerprint density at radius 3 is 2.59 bits per heavy atom. The predicted molar refractivity (Wildman–Crippen MR) is 64.4 cm³/mol. The van der Waals surface area contributed by atoms with E-state index in [2.05, 4.69) is 5.32 Å². The van der Waals surface area contributed by atoms with Crippen molar-refractivity contribution in [2.45, 2.75) is 57.5 Å². The molecule has 1 aliphatic carbocycles. The summed E-state index contributed by atoms with van der Waals surface area (Å²) in [6, 6.07) is -0.929. The van der Waals surface area contributed by atoms with Crippen LogP contribution < -0.4 is 11.1 Å². The number of hydrogen-bond donors (Lipinski definition) is 3. The van der Waals surface area contributed by atoms with E-state index >= 15 is 0 Å². The lowest BCUT2D eigenvalue weighted by atomic mass is 9.94. The summed E-state index contributed by atoms with van der Waals surface area (Å²) in [6.07, 6.45) is 5.17. The number of nitrogens with one attached hydrogen (secondary N) is 1. The smallest absolute Gasteiger partial charge is 0.326 e. The van der Waals surface area contributed by atoms with Gasteiger partial charge in [-0.2, -0.15) is 0 Å². The summed E-state index contributed by atoms with van der Waals surface area (Å²) in [5.74, 6) is -1.41. The minimum Gasteiger partial charge on any atom is -0.480 e. The Hall–Kier alpha value is -1.10. The van der Waals surface area contributed by atoms with Crippen LogP contribution in [0, 0.1) is 5.92 Å². The molecule has 0 saturated heterocycles. The van der Waals surface area contributed by atoms with Gasteiger partial charge in [-0.05, 0) is 19.3 Å². The van der Waals surface area contributed by atoms with E-state index in [1.54, 1.807) is 6.92 Å². The quantitative estimate of drug-likeness (QED) is 0.638. The van der Waals surface area contributed by atoms with Crippen LogP contribution in [0.15, 0.2) is 0 Å². The molecule has 0 aromatic rings. The number of rotatable bonds is 4. The summed E-state index contributed by atoms with van der Waals surface area (Å²) in [5, 5.41) is 11.5. The van der Waals surface area contributed by atoms with Crippen LogP contribution in [0.25, 0.3) is 0 Å². The molecule has 3 atom stereocenters. The number of aliphatic carboxylic acids is 1. The van der Waals surface area contributed by atoms with E-state index in [1.165, 1.54) is 0 Å². The summed E-state index contributed by atoms with van der Waals surface area (Å²) in [4.78, 5) is 22.8. The molecule has 0 radical (unpaired) electrons. The standard InChI is InChI=1S/C12H22N2O3/c1-2-10(12(16)17)14-11(15)8-6-4-3-5-7-9(8)13/h8-10H,2-7,13H2,1H3,(H,14,15)(H,16,17). The molecule has 17 heavy (non-hydrogen) atoms. The maximum absolute atomic E-state index is 12.0. The van der Waals surface area contributed by atoms with Crippen molar-refractivity contribution < 1.29 is 14.7 Å². The molecule has 1 rings (SSSR count). The Morgan fingerprint density at radius 2 is 2.00 bits per heavy atom. The largest absolute Gasteiger partial charge is 0.480 e. The van der Waals surface area contributed by atoms with Gasteiger partial charge in [0, 0.05) is 6.04 Å². The molecular weight excluding hydrogens is 220 g/mol. The van der Waals surface area contributed by atoms with Crippen LogP contribution in [0.5, 0.6) is 0 Å². The molecule has 0 aromatic carbocycles. The van der Waals surface area contributed by atoms with Gasteiger partial charge in [0.1, 0.15) is 6.04 Å². The first-order valence-corrected chi connectivity index (χ1v) is 6.35. The average Bonchev–Trinajstić information content (AvgIpc) is 2.50. The molecule has 5 heteroatoms. The van der Waals surface area contributed by atoms with Gasteiger partial charge in [-0.15, -0.1) is 0 Å². The van der Waals surface area contributed by atoms with Crippen molar-refractivity contribution in [1.29, 1.82) is 0 Å². The molecule has 0 aliphatic heterocycles. The van der Waals surface area contributed by atoms with Crippen LogP contribution in [-0.2, 0) is 9.59 Å². The van der Waals surface area contributed by atoms with Gasteiger partial charge in [0.2, 0.25) is 5.91 Å². The van der Waals surface area contributed by atoms with Gasteiger partial charge in [0.15, 0.2) is 0 Å². The third-order valence-electron chi connectivity index (χ3n) is 3.43. The van der Waals surface area contributed by atoms with Crippen molar-refractivity contribution >= 4 is 11.9 Å². The molecule has 98 valence electrons. The van der Waals surface area contributed by atoms with Crippen LogP contribution in [0.2, 0.25) is 0 Å². The van der Waals surface area contributed by atoms with E-state index in [1.807, 2.05) is 0 Å². The summed E-state index contributed by atoms with van der Waals surface area (Å²) in [6.45, 7) is 1.74. The van der Waals surface area contributed by atoms with Crippen molar-refractivity contribution in [2.24, 2.45) is 11.7 Å². The summed E-state index contributed by atoms with van der Waals surface area (Å²) >= 11 is 0. The normalized spacial score (nSPS) is 26.9. The first-order chi connectivity index (χ1) is 8.06. The van der Waals surface area contributed by atoms with E-state index in [0.717, 1.165) is 32.1 Å². The highest BCUT2D eigenvalue weighted by Gasteiger charge is 2.29. The number of amides is 1. The van der Waals surface area contributed by atoms with E-state index in [4.69, 9.17) is 10.8 Å².